The lowest BCUT2D eigenvalue weighted by molar-refractivity contribution is -0.147. The van der Waals surface area contributed by atoms with Gasteiger partial charge in [0.25, 0.3) is 11.8 Å². The standard InChI is InChI=1S/C22H18ClF2N3O4/c23-15-4-2-14(3-5-15)22(24,25)21(32)26-10-12-1-6-16-13(9-12)11-28(20(16)31)17-7-8-18(29)27-19(17)30/h1-6,9,17H,7-8,10-11H2,(H,26,32)(H,27,29,30)/t17-/m1/s1/i7D,10D2,17D/hD2/t7?,17-. The number of hydrogen-bond acceptors (Lipinski definition) is 4. The zero-order valence-corrected chi connectivity index (χ0v) is 16.9. The van der Waals surface area contributed by atoms with E-state index in [0.717, 1.165) is 42.5 Å². The van der Waals surface area contributed by atoms with E-state index in [2.05, 4.69) is 0 Å². The van der Waals surface area contributed by atoms with Gasteiger partial charge < -0.3 is 10.2 Å². The molecular weight excluding hydrogens is 444 g/mol. The third-order valence-corrected chi connectivity index (χ3v) is 5.13. The molecule has 2 aromatic rings. The van der Waals surface area contributed by atoms with Crippen molar-refractivity contribution < 1.29 is 36.3 Å². The number of fused-ring (bicyclic) bond motifs is 1. The number of rotatable bonds is 5. The van der Waals surface area contributed by atoms with E-state index >= 15 is 0 Å². The number of carbonyl (C=O) groups excluding carboxylic acids is 4. The minimum Gasteiger partial charge on any atom is -0.346 e. The lowest BCUT2D eigenvalue weighted by atomic mass is 10.0. The van der Waals surface area contributed by atoms with Crippen molar-refractivity contribution in [2.45, 2.75) is 37.8 Å². The first kappa shape index (κ1) is 15.5. The normalized spacial score (nSPS) is 26.5. The van der Waals surface area contributed by atoms with Gasteiger partial charge in [-0.1, -0.05) is 35.9 Å². The molecule has 2 aliphatic rings. The molecule has 166 valence electrons. The van der Waals surface area contributed by atoms with Crippen LogP contribution in [0.15, 0.2) is 42.5 Å². The van der Waals surface area contributed by atoms with Gasteiger partial charge in [0.15, 0.2) is 2.82 Å². The molecule has 10 heteroatoms. The maximum absolute atomic E-state index is 14.8. The number of carbonyl (C=O) groups is 4. The number of benzene rings is 2. The summed E-state index contributed by atoms with van der Waals surface area (Å²) in [5.41, 5.74) is -1.32. The van der Waals surface area contributed by atoms with Crippen LogP contribution in [0.4, 0.5) is 8.78 Å². The summed E-state index contributed by atoms with van der Waals surface area (Å²) in [6.45, 7) is -3.61. The third-order valence-electron chi connectivity index (χ3n) is 4.88. The molecule has 2 N–H and O–H groups in total. The number of nitrogens with one attached hydrogen (secondary N) is 2. The van der Waals surface area contributed by atoms with E-state index in [9.17, 15) is 28.0 Å². The maximum atomic E-state index is 14.8. The van der Waals surface area contributed by atoms with Gasteiger partial charge in [0.2, 0.25) is 11.8 Å². The zero-order chi connectivity index (χ0) is 28.4. The topological polar surface area (TPSA) is 95.6 Å². The number of piperidine rings is 1. The molecule has 0 aromatic heterocycles. The Labute approximate surface area is 195 Å². The van der Waals surface area contributed by atoms with Gasteiger partial charge in [-0.15, -0.1) is 0 Å². The molecular formula is C22H18ClF2N3O4. The Bertz CT molecular complexity index is 1370. The molecule has 2 aliphatic heterocycles. The predicted octanol–water partition coefficient (Wildman–Crippen LogP) is 2.51. The quantitative estimate of drug-likeness (QED) is 0.660. The van der Waals surface area contributed by atoms with Crippen molar-refractivity contribution in [1.29, 1.82) is 0 Å². The van der Waals surface area contributed by atoms with E-state index in [-0.39, 0.29) is 21.5 Å². The minimum absolute atomic E-state index is 0.0294. The number of nitrogens with zero attached hydrogens (tertiary/aromatic N) is 1. The van der Waals surface area contributed by atoms with Gasteiger partial charge in [-0.2, -0.15) is 8.78 Å². The molecule has 2 atom stereocenters. The van der Waals surface area contributed by atoms with E-state index in [4.69, 9.17) is 19.9 Å². The molecule has 2 heterocycles. The molecule has 0 bridgehead atoms. The summed E-state index contributed by atoms with van der Waals surface area (Å²) in [7, 11) is 0. The van der Waals surface area contributed by atoms with Gasteiger partial charge in [-0.3, -0.25) is 24.5 Å². The Hall–Kier alpha value is -3.33. The van der Waals surface area contributed by atoms with Crippen LogP contribution in [0.25, 0.3) is 0 Å². The third kappa shape index (κ3) is 4.08. The summed E-state index contributed by atoms with van der Waals surface area (Å²) < 4.78 is 78.1. The summed E-state index contributed by atoms with van der Waals surface area (Å²) >= 11 is 5.68. The molecule has 1 fully saturated rings. The van der Waals surface area contributed by atoms with Gasteiger partial charge in [0, 0.05) is 37.0 Å². The molecule has 0 saturated carbocycles. The largest absolute Gasteiger partial charge is 0.349 e. The summed E-state index contributed by atoms with van der Waals surface area (Å²) in [6.07, 6.45) is -2.37. The number of halogens is 3. The maximum Gasteiger partial charge on any atom is 0.349 e. The first-order chi connectivity index (χ1) is 17.5. The van der Waals surface area contributed by atoms with Crippen molar-refractivity contribution in [2.75, 3.05) is 0 Å². The van der Waals surface area contributed by atoms with Crippen LogP contribution in [0.2, 0.25) is 7.85 Å². The molecule has 1 unspecified atom stereocenters. The Morgan fingerprint density at radius 3 is 2.78 bits per heavy atom. The Balaban J connectivity index is 1.63. The van der Waals surface area contributed by atoms with Crippen molar-refractivity contribution in [3.63, 3.8) is 0 Å². The summed E-state index contributed by atoms with van der Waals surface area (Å²) in [5.74, 6) is -9.75. The summed E-state index contributed by atoms with van der Waals surface area (Å²) in [4.78, 5) is 50.5. The fraction of sp³-hybridized carbons (Fsp3) is 0.273. The van der Waals surface area contributed by atoms with E-state index < -0.39 is 77.9 Å². The fourth-order valence-electron chi connectivity index (χ4n) is 3.27. The van der Waals surface area contributed by atoms with Gasteiger partial charge in [0.05, 0.1) is 4.11 Å². The average molecular weight is 468 g/mol. The highest BCUT2D eigenvalue weighted by Gasteiger charge is 2.41. The van der Waals surface area contributed by atoms with Gasteiger partial charge in [-0.05, 0) is 35.7 Å². The van der Waals surface area contributed by atoms with Crippen LogP contribution >= 0.6 is 11.6 Å². The van der Waals surface area contributed by atoms with Crippen molar-refractivity contribution in [3.05, 3.63) is 69.7 Å². The smallest absolute Gasteiger partial charge is 0.346 e. The number of hydrogen-bond donors (Lipinski definition) is 2. The summed E-state index contributed by atoms with van der Waals surface area (Å²) in [6, 6.07) is 4.44. The van der Waals surface area contributed by atoms with Crippen LogP contribution in [0, 0.1) is 0 Å². The van der Waals surface area contributed by atoms with Crippen LogP contribution in [0.1, 0.15) is 45.3 Å². The second-order valence-corrected chi connectivity index (χ2v) is 7.41. The number of alkyl halides is 2. The van der Waals surface area contributed by atoms with E-state index in [1.54, 1.807) is 0 Å². The summed E-state index contributed by atoms with van der Waals surface area (Å²) in [5, 5.41) is -0.472. The van der Waals surface area contributed by atoms with Gasteiger partial charge in [0.1, 0.15) is 6.02 Å². The molecule has 32 heavy (non-hydrogen) atoms. The van der Waals surface area contributed by atoms with Crippen LogP contribution in [-0.2, 0) is 33.3 Å². The molecule has 4 amide bonds. The Morgan fingerprint density at radius 1 is 1.34 bits per heavy atom. The van der Waals surface area contributed by atoms with Crippen molar-refractivity contribution >= 4 is 35.2 Å². The van der Waals surface area contributed by atoms with E-state index in [1.165, 1.54) is 0 Å². The lowest BCUT2D eigenvalue weighted by Gasteiger charge is -2.29. The second-order valence-electron chi connectivity index (χ2n) is 6.98. The van der Waals surface area contributed by atoms with Gasteiger partial charge >= 0.3 is 5.92 Å². The van der Waals surface area contributed by atoms with Crippen LogP contribution < -0.4 is 10.6 Å². The monoisotopic (exact) mass is 467 g/mol. The highest BCUT2D eigenvalue weighted by Crippen LogP contribution is 2.30. The molecule has 0 radical (unpaired) electrons. The van der Waals surface area contributed by atoms with Crippen molar-refractivity contribution in [2.24, 2.45) is 0 Å². The number of imide groups is 1. The predicted molar refractivity (Wildman–Crippen MR) is 110 cm³/mol. The molecule has 2 aromatic carbocycles. The highest BCUT2D eigenvalue weighted by atomic mass is 35.5. The SMILES string of the molecule is [2H]C1CC(=O)N([2H])C(=O)[C@]1([2H])N1Cc2cc(C([2H])([2H])N([2H])C(=O)C(F)(F)c3ccc(Cl)cc3)ccc2C1=O. The van der Waals surface area contributed by atoms with Gasteiger partial charge in [-0.25, -0.2) is 0 Å². The molecule has 0 aliphatic carbocycles. The molecule has 4 rings (SSSR count). The van der Waals surface area contributed by atoms with Crippen LogP contribution in [-0.4, -0.2) is 34.5 Å². The van der Waals surface area contributed by atoms with E-state index in [1.807, 2.05) is 0 Å². The van der Waals surface area contributed by atoms with E-state index in [0.29, 0.717) is 4.90 Å². The first-order valence-electron chi connectivity index (χ1n) is 12.2. The highest BCUT2D eigenvalue weighted by molar-refractivity contribution is 6.30. The van der Waals surface area contributed by atoms with Crippen LogP contribution in [0.3, 0.4) is 0 Å². The minimum atomic E-state index is -4.27. The average Bonchev–Trinajstić information content (AvgIpc) is 3.21. The lowest BCUT2D eigenvalue weighted by Crippen LogP contribution is -2.52. The molecule has 1 saturated heterocycles. The van der Waals surface area contributed by atoms with Crippen molar-refractivity contribution in [3.8, 4) is 0 Å². The Kier molecular flexibility index (Phi) is 4.02. The molecule has 7 nitrogen and oxygen atoms in total. The second kappa shape index (κ2) is 8.31. The zero-order valence-electron chi connectivity index (χ0n) is 22.1. The molecule has 0 spiro atoms. The van der Waals surface area contributed by atoms with Crippen molar-refractivity contribution in [1.82, 2.24) is 15.5 Å². The first-order valence-corrected chi connectivity index (χ1v) is 9.63. The van der Waals surface area contributed by atoms with Crippen LogP contribution in [0.5, 0.6) is 0 Å². The Morgan fingerprint density at radius 2 is 2.06 bits per heavy atom. The fourth-order valence-corrected chi connectivity index (χ4v) is 3.39. The number of amides is 4.